The normalized spacial score (nSPS) is 38.4. The van der Waals surface area contributed by atoms with Crippen molar-refractivity contribution in [3.8, 4) is 0 Å². The predicted octanol–water partition coefficient (Wildman–Crippen LogP) is 2.80. The minimum absolute atomic E-state index is 0.00632. The third kappa shape index (κ3) is 2.52. The van der Waals surface area contributed by atoms with E-state index in [9.17, 15) is 9.59 Å². The first-order valence-corrected chi connectivity index (χ1v) is 8.93. The van der Waals surface area contributed by atoms with Gasteiger partial charge in [-0.05, 0) is 48.9 Å². The second-order valence-electron chi connectivity index (χ2n) is 8.42. The molecule has 4 atom stereocenters. The first-order valence-electron chi connectivity index (χ1n) is 8.93. The van der Waals surface area contributed by atoms with Gasteiger partial charge in [0.25, 0.3) is 0 Å². The molecule has 2 bridgehead atoms. The number of carbonyl (C=O) groups is 2. The Hall–Kier alpha value is -1.26. The van der Waals surface area contributed by atoms with E-state index in [-0.39, 0.29) is 29.4 Å². The molecule has 2 aliphatic carbocycles. The third-order valence-corrected chi connectivity index (χ3v) is 7.33. The molecule has 1 saturated heterocycles. The highest BCUT2D eigenvalue weighted by atomic mass is 16.5. The fourth-order valence-electron chi connectivity index (χ4n) is 5.18. The first kappa shape index (κ1) is 16.6. The van der Waals surface area contributed by atoms with E-state index in [1.807, 2.05) is 0 Å². The number of esters is 1. The number of fused-ring (bicyclic) bond motifs is 2. The number of carbonyl (C=O) groups excluding carboxylic acids is 2. The highest BCUT2D eigenvalue weighted by Gasteiger charge is 2.61. The van der Waals surface area contributed by atoms with Crippen molar-refractivity contribution in [3.63, 3.8) is 0 Å². The summed E-state index contributed by atoms with van der Waals surface area (Å²) in [6.45, 7) is 8.25. The Bertz CT molecular complexity index is 504. The van der Waals surface area contributed by atoms with Crippen LogP contribution in [0.1, 0.15) is 52.9 Å². The summed E-state index contributed by atoms with van der Waals surface area (Å²) in [6.07, 6.45) is 5.24. The molecule has 0 aromatic heterocycles. The van der Waals surface area contributed by atoms with Crippen LogP contribution >= 0.6 is 0 Å². The summed E-state index contributed by atoms with van der Waals surface area (Å²) in [5, 5.41) is 3.29. The van der Waals surface area contributed by atoms with E-state index in [0.29, 0.717) is 17.9 Å². The van der Waals surface area contributed by atoms with Gasteiger partial charge in [-0.25, -0.2) is 4.79 Å². The summed E-state index contributed by atoms with van der Waals surface area (Å²) in [5.74, 6) is 0.337. The van der Waals surface area contributed by atoms with Gasteiger partial charge in [0, 0.05) is 19.1 Å². The lowest BCUT2D eigenvalue weighted by Crippen LogP contribution is -2.53. The maximum absolute atomic E-state index is 12.7. The van der Waals surface area contributed by atoms with Crippen LogP contribution in [0.25, 0.3) is 0 Å². The van der Waals surface area contributed by atoms with Gasteiger partial charge in [-0.3, -0.25) is 4.79 Å². The zero-order chi connectivity index (χ0) is 16.8. The molecule has 130 valence electrons. The Labute approximate surface area is 139 Å². The van der Waals surface area contributed by atoms with Crippen LogP contribution in [-0.2, 0) is 9.53 Å². The number of piperidine rings is 1. The second kappa shape index (κ2) is 5.67. The van der Waals surface area contributed by atoms with Gasteiger partial charge in [0.2, 0.25) is 0 Å². The van der Waals surface area contributed by atoms with E-state index in [1.165, 1.54) is 20.0 Å². The van der Waals surface area contributed by atoms with Crippen LogP contribution < -0.4 is 5.32 Å². The molecule has 5 heteroatoms. The van der Waals surface area contributed by atoms with Crippen molar-refractivity contribution >= 4 is 12.0 Å². The number of nitrogens with one attached hydrogen (secondary N) is 1. The summed E-state index contributed by atoms with van der Waals surface area (Å²) in [6, 6.07) is 0.246. The van der Waals surface area contributed by atoms with E-state index in [2.05, 4.69) is 26.1 Å². The summed E-state index contributed by atoms with van der Waals surface area (Å²) >= 11 is 0. The Kier molecular flexibility index (Phi) is 4.09. The zero-order valence-corrected chi connectivity index (χ0v) is 14.9. The van der Waals surface area contributed by atoms with Crippen LogP contribution in [0.4, 0.5) is 4.79 Å². The molecule has 0 radical (unpaired) electrons. The van der Waals surface area contributed by atoms with Crippen molar-refractivity contribution in [2.75, 3.05) is 20.2 Å². The van der Waals surface area contributed by atoms with Crippen molar-refractivity contribution in [1.82, 2.24) is 10.2 Å². The first-order chi connectivity index (χ1) is 10.8. The molecule has 2 saturated carbocycles. The molecule has 3 fully saturated rings. The summed E-state index contributed by atoms with van der Waals surface area (Å²) in [5.41, 5.74) is 0.478. The number of hydrogen-bond acceptors (Lipinski definition) is 3. The molecule has 5 nitrogen and oxygen atoms in total. The van der Waals surface area contributed by atoms with E-state index in [0.717, 1.165) is 25.8 Å². The monoisotopic (exact) mass is 322 g/mol. The minimum atomic E-state index is -0.199. The van der Waals surface area contributed by atoms with Gasteiger partial charge in [-0.2, -0.15) is 0 Å². The van der Waals surface area contributed by atoms with Crippen molar-refractivity contribution in [2.24, 2.45) is 22.7 Å². The van der Waals surface area contributed by atoms with Crippen LogP contribution in [0, 0.1) is 22.7 Å². The summed E-state index contributed by atoms with van der Waals surface area (Å²) in [7, 11) is 1.42. The highest BCUT2D eigenvalue weighted by Crippen LogP contribution is 2.65. The van der Waals surface area contributed by atoms with Crippen LogP contribution in [-0.4, -0.2) is 43.1 Å². The highest BCUT2D eigenvalue weighted by molar-refractivity contribution is 5.77. The Balaban J connectivity index is 1.63. The largest absolute Gasteiger partial charge is 0.469 e. The fourth-order valence-corrected chi connectivity index (χ4v) is 5.18. The topological polar surface area (TPSA) is 58.6 Å². The molecule has 3 rings (SSSR count). The smallest absolute Gasteiger partial charge is 0.317 e. The SMILES string of the molecule is COC(=O)[C@@H]1CCCN(C(=O)N[C@H]2C[C@H]3CC[C@@]2(C)C3(C)C)C1. The lowest BCUT2D eigenvalue weighted by Gasteiger charge is -2.41. The lowest BCUT2D eigenvalue weighted by molar-refractivity contribution is -0.146. The van der Waals surface area contributed by atoms with Crippen LogP contribution in [0.15, 0.2) is 0 Å². The molecule has 0 unspecified atom stereocenters. The number of ether oxygens (including phenoxy) is 1. The molecule has 0 spiro atoms. The van der Waals surface area contributed by atoms with Crippen molar-refractivity contribution in [1.29, 1.82) is 0 Å². The number of urea groups is 1. The molecular formula is C18H30N2O3. The van der Waals surface area contributed by atoms with Crippen molar-refractivity contribution in [2.45, 2.75) is 58.9 Å². The van der Waals surface area contributed by atoms with Gasteiger partial charge in [0.05, 0.1) is 13.0 Å². The molecule has 1 N–H and O–H groups in total. The second-order valence-corrected chi connectivity index (χ2v) is 8.42. The lowest BCUT2D eigenvalue weighted by atomic mass is 9.69. The number of likely N-dealkylation sites (tertiary alicyclic amines) is 1. The number of methoxy groups -OCH3 is 1. The maximum atomic E-state index is 12.7. The molecule has 0 aromatic carbocycles. The molecule has 0 aromatic rings. The van der Waals surface area contributed by atoms with Gasteiger partial charge in [0.1, 0.15) is 0 Å². The quantitative estimate of drug-likeness (QED) is 0.795. The Morgan fingerprint density at radius 3 is 2.52 bits per heavy atom. The third-order valence-electron chi connectivity index (χ3n) is 7.33. The molecule has 1 aliphatic heterocycles. The van der Waals surface area contributed by atoms with E-state index < -0.39 is 0 Å². The number of hydrogen-bond donors (Lipinski definition) is 1. The molecule has 1 heterocycles. The van der Waals surface area contributed by atoms with Gasteiger partial charge in [0.15, 0.2) is 0 Å². The van der Waals surface area contributed by atoms with Crippen LogP contribution in [0.2, 0.25) is 0 Å². The van der Waals surface area contributed by atoms with Crippen LogP contribution in [0.3, 0.4) is 0 Å². The minimum Gasteiger partial charge on any atom is -0.469 e. The summed E-state index contributed by atoms with van der Waals surface area (Å²) in [4.78, 5) is 26.2. The fraction of sp³-hybridized carbons (Fsp3) is 0.889. The van der Waals surface area contributed by atoms with E-state index in [1.54, 1.807) is 4.90 Å². The maximum Gasteiger partial charge on any atom is 0.317 e. The van der Waals surface area contributed by atoms with Gasteiger partial charge in [-0.1, -0.05) is 20.8 Å². The molecular weight excluding hydrogens is 292 g/mol. The van der Waals surface area contributed by atoms with Crippen molar-refractivity contribution < 1.29 is 14.3 Å². The number of amides is 2. The Morgan fingerprint density at radius 2 is 1.96 bits per heavy atom. The zero-order valence-electron chi connectivity index (χ0n) is 14.9. The molecule has 2 amide bonds. The number of nitrogens with zero attached hydrogens (tertiary/aromatic N) is 1. The number of rotatable bonds is 2. The van der Waals surface area contributed by atoms with Gasteiger partial charge < -0.3 is 15.0 Å². The average molecular weight is 322 g/mol. The molecule has 3 aliphatic rings. The standard InChI is InChI=1S/C18H30N2O3/c1-17(2)13-7-8-18(17,3)14(10-13)19-16(22)20-9-5-6-12(11-20)15(21)23-4/h12-14H,5-11H2,1-4H3,(H,19,22)/t12-,13-,14+,18-/m1/s1. The predicted molar refractivity (Wildman–Crippen MR) is 87.9 cm³/mol. The van der Waals surface area contributed by atoms with Gasteiger partial charge in [-0.15, -0.1) is 0 Å². The summed E-state index contributed by atoms with van der Waals surface area (Å²) < 4.78 is 4.84. The van der Waals surface area contributed by atoms with Crippen LogP contribution in [0.5, 0.6) is 0 Å². The van der Waals surface area contributed by atoms with Crippen molar-refractivity contribution in [3.05, 3.63) is 0 Å². The molecule has 23 heavy (non-hydrogen) atoms. The van der Waals surface area contributed by atoms with E-state index in [4.69, 9.17) is 4.74 Å². The Morgan fingerprint density at radius 1 is 1.22 bits per heavy atom. The van der Waals surface area contributed by atoms with E-state index >= 15 is 0 Å². The average Bonchev–Trinajstić information content (AvgIpc) is 2.87. The van der Waals surface area contributed by atoms with Gasteiger partial charge >= 0.3 is 12.0 Å².